The predicted molar refractivity (Wildman–Crippen MR) is 48.8 cm³/mol. The summed E-state index contributed by atoms with van der Waals surface area (Å²) in [4.78, 5) is 0. The Labute approximate surface area is 83.3 Å². The first-order valence-electron chi connectivity index (χ1n) is 4.80. The lowest BCUT2D eigenvalue weighted by Crippen LogP contribution is -2.58. The van der Waals surface area contributed by atoms with E-state index in [-0.39, 0.29) is 6.61 Å². The van der Waals surface area contributed by atoms with Crippen LogP contribution in [0.5, 0.6) is 0 Å². The zero-order valence-corrected chi connectivity index (χ0v) is 8.46. The molecule has 0 amide bonds. The second-order valence-electron chi connectivity index (χ2n) is 3.55. The molecule has 0 aromatic rings. The Bertz CT molecular complexity index is 171. The highest BCUT2D eigenvalue weighted by Gasteiger charge is 2.42. The SMILES string of the molecule is CC[C@H]1OC(COC)[C@@H](O)[C@@H](O)C1O. The predicted octanol–water partition coefficient (Wildman–Crippen LogP) is -1.11. The molecular formula is C9H18O5. The summed E-state index contributed by atoms with van der Waals surface area (Å²) in [5, 5.41) is 28.6. The van der Waals surface area contributed by atoms with Crippen LogP contribution >= 0.6 is 0 Å². The smallest absolute Gasteiger partial charge is 0.111 e. The van der Waals surface area contributed by atoms with Crippen molar-refractivity contribution in [3.8, 4) is 0 Å². The van der Waals surface area contributed by atoms with E-state index in [4.69, 9.17) is 9.47 Å². The van der Waals surface area contributed by atoms with Crippen LogP contribution in [-0.4, -0.2) is 59.6 Å². The number of hydrogen-bond acceptors (Lipinski definition) is 5. The van der Waals surface area contributed by atoms with Gasteiger partial charge in [-0.1, -0.05) is 6.92 Å². The summed E-state index contributed by atoms with van der Waals surface area (Å²) in [6, 6.07) is 0. The van der Waals surface area contributed by atoms with Gasteiger partial charge in [-0.25, -0.2) is 0 Å². The highest BCUT2D eigenvalue weighted by atomic mass is 16.6. The largest absolute Gasteiger partial charge is 0.388 e. The number of aliphatic hydroxyl groups is 3. The van der Waals surface area contributed by atoms with Crippen LogP contribution in [0.4, 0.5) is 0 Å². The molecule has 0 saturated carbocycles. The van der Waals surface area contributed by atoms with Crippen molar-refractivity contribution >= 4 is 0 Å². The van der Waals surface area contributed by atoms with Crippen molar-refractivity contribution in [1.29, 1.82) is 0 Å². The van der Waals surface area contributed by atoms with E-state index < -0.39 is 30.5 Å². The van der Waals surface area contributed by atoms with E-state index in [2.05, 4.69) is 0 Å². The summed E-state index contributed by atoms with van der Waals surface area (Å²) >= 11 is 0. The van der Waals surface area contributed by atoms with Gasteiger partial charge < -0.3 is 24.8 Å². The molecule has 0 bridgehead atoms. The lowest BCUT2D eigenvalue weighted by molar-refractivity contribution is -0.231. The Morgan fingerprint density at radius 2 is 1.64 bits per heavy atom. The van der Waals surface area contributed by atoms with Crippen LogP contribution in [0.2, 0.25) is 0 Å². The van der Waals surface area contributed by atoms with Gasteiger partial charge in [-0.15, -0.1) is 0 Å². The summed E-state index contributed by atoms with van der Waals surface area (Å²) in [5.74, 6) is 0. The minimum Gasteiger partial charge on any atom is -0.388 e. The molecule has 1 fully saturated rings. The molecule has 0 spiro atoms. The molecule has 5 nitrogen and oxygen atoms in total. The molecule has 84 valence electrons. The first-order valence-corrected chi connectivity index (χ1v) is 4.80. The number of aliphatic hydroxyl groups excluding tert-OH is 3. The summed E-state index contributed by atoms with van der Waals surface area (Å²) < 4.78 is 10.2. The molecule has 0 radical (unpaired) electrons. The summed E-state index contributed by atoms with van der Waals surface area (Å²) in [7, 11) is 1.49. The molecule has 14 heavy (non-hydrogen) atoms. The fraction of sp³-hybridized carbons (Fsp3) is 1.00. The highest BCUT2D eigenvalue weighted by Crippen LogP contribution is 2.23. The Hall–Kier alpha value is -0.200. The molecule has 5 heteroatoms. The second-order valence-corrected chi connectivity index (χ2v) is 3.55. The maximum atomic E-state index is 9.54. The minimum atomic E-state index is -1.16. The van der Waals surface area contributed by atoms with Crippen molar-refractivity contribution in [1.82, 2.24) is 0 Å². The van der Waals surface area contributed by atoms with Crippen LogP contribution < -0.4 is 0 Å². The van der Waals surface area contributed by atoms with Gasteiger partial charge in [0.05, 0.1) is 12.7 Å². The molecular weight excluding hydrogens is 188 g/mol. The van der Waals surface area contributed by atoms with Crippen LogP contribution in [0.1, 0.15) is 13.3 Å². The van der Waals surface area contributed by atoms with Crippen molar-refractivity contribution in [3.05, 3.63) is 0 Å². The molecule has 2 unspecified atom stereocenters. The monoisotopic (exact) mass is 206 g/mol. The lowest BCUT2D eigenvalue weighted by Gasteiger charge is -2.40. The zero-order chi connectivity index (χ0) is 10.7. The van der Waals surface area contributed by atoms with E-state index in [1.54, 1.807) is 0 Å². The number of rotatable bonds is 3. The zero-order valence-electron chi connectivity index (χ0n) is 8.46. The van der Waals surface area contributed by atoms with Gasteiger partial charge >= 0.3 is 0 Å². The third-order valence-corrected chi connectivity index (χ3v) is 2.54. The lowest BCUT2D eigenvalue weighted by atomic mass is 9.94. The minimum absolute atomic E-state index is 0.210. The summed E-state index contributed by atoms with van der Waals surface area (Å²) in [6.45, 7) is 2.06. The van der Waals surface area contributed by atoms with Gasteiger partial charge in [0.25, 0.3) is 0 Å². The topological polar surface area (TPSA) is 79.2 Å². The molecule has 1 aliphatic heterocycles. The van der Waals surface area contributed by atoms with E-state index in [9.17, 15) is 15.3 Å². The molecule has 0 aromatic carbocycles. The van der Waals surface area contributed by atoms with Crippen molar-refractivity contribution < 1.29 is 24.8 Å². The van der Waals surface area contributed by atoms with Gasteiger partial charge in [-0.05, 0) is 6.42 Å². The number of ether oxygens (including phenoxy) is 2. The van der Waals surface area contributed by atoms with Gasteiger partial charge in [-0.3, -0.25) is 0 Å². The molecule has 1 saturated heterocycles. The van der Waals surface area contributed by atoms with Gasteiger partial charge in [0.2, 0.25) is 0 Å². The van der Waals surface area contributed by atoms with Crippen molar-refractivity contribution in [2.75, 3.05) is 13.7 Å². The average Bonchev–Trinajstić information content (AvgIpc) is 2.19. The van der Waals surface area contributed by atoms with Crippen molar-refractivity contribution in [2.45, 2.75) is 43.9 Å². The maximum Gasteiger partial charge on any atom is 0.111 e. The molecule has 0 aliphatic carbocycles. The number of hydrogen-bond donors (Lipinski definition) is 3. The number of methoxy groups -OCH3 is 1. The van der Waals surface area contributed by atoms with E-state index in [0.717, 1.165) is 0 Å². The van der Waals surface area contributed by atoms with Gasteiger partial charge in [0.1, 0.15) is 24.4 Å². The summed E-state index contributed by atoms with van der Waals surface area (Å²) in [5.41, 5.74) is 0. The molecule has 1 rings (SSSR count). The average molecular weight is 206 g/mol. The van der Waals surface area contributed by atoms with Crippen LogP contribution in [0.3, 0.4) is 0 Å². The fourth-order valence-corrected chi connectivity index (χ4v) is 1.67. The van der Waals surface area contributed by atoms with E-state index >= 15 is 0 Å². The Balaban J connectivity index is 2.63. The Morgan fingerprint density at radius 1 is 1.07 bits per heavy atom. The molecule has 5 atom stereocenters. The third kappa shape index (κ3) is 2.24. The van der Waals surface area contributed by atoms with Crippen LogP contribution in [-0.2, 0) is 9.47 Å². The van der Waals surface area contributed by atoms with E-state index in [0.29, 0.717) is 6.42 Å². The van der Waals surface area contributed by atoms with Crippen LogP contribution in [0, 0.1) is 0 Å². The normalized spacial score (nSPS) is 43.9. The Kier molecular flexibility index (Phi) is 4.28. The van der Waals surface area contributed by atoms with Crippen LogP contribution in [0.25, 0.3) is 0 Å². The molecule has 1 heterocycles. The maximum absolute atomic E-state index is 9.54. The first kappa shape index (κ1) is 11.9. The quantitative estimate of drug-likeness (QED) is 0.546. The van der Waals surface area contributed by atoms with Crippen molar-refractivity contribution in [2.24, 2.45) is 0 Å². The summed E-state index contributed by atoms with van der Waals surface area (Å²) in [6.07, 6.45) is -3.69. The Morgan fingerprint density at radius 3 is 2.14 bits per heavy atom. The van der Waals surface area contributed by atoms with Crippen LogP contribution in [0.15, 0.2) is 0 Å². The van der Waals surface area contributed by atoms with E-state index in [1.807, 2.05) is 6.92 Å². The second kappa shape index (κ2) is 5.04. The standard InChI is InChI=1S/C9H18O5/c1-3-5-7(10)9(12)8(11)6(14-5)4-13-2/h5-12H,3-4H2,1-2H3/t5-,6?,7?,8-,9+/m1/s1. The van der Waals surface area contributed by atoms with Gasteiger partial charge in [-0.2, -0.15) is 0 Å². The fourth-order valence-electron chi connectivity index (χ4n) is 1.67. The van der Waals surface area contributed by atoms with Gasteiger partial charge in [0.15, 0.2) is 0 Å². The molecule has 0 aromatic heterocycles. The first-order chi connectivity index (χ1) is 6.61. The third-order valence-electron chi connectivity index (χ3n) is 2.54. The highest BCUT2D eigenvalue weighted by molar-refractivity contribution is 4.91. The molecule has 1 aliphatic rings. The van der Waals surface area contributed by atoms with Gasteiger partial charge in [0, 0.05) is 7.11 Å². The van der Waals surface area contributed by atoms with E-state index in [1.165, 1.54) is 7.11 Å². The van der Waals surface area contributed by atoms with Crippen molar-refractivity contribution in [3.63, 3.8) is 0 Å². The molecule has 3 N–H and O–H groups in total.